The average Bonchev–Trinajstić information content (AvgIpc) is 2.69. The lowest BCUT2D eigenvalue weighted by molar-refractivity contribution is 0.122. The zero-order valence-corrected chi connectivity index (χ0v) is 18.6. The number of hydrogen-bond donors (Lipinski definition) is 1. The van der Waals surface area contributed by atoms with Gasteiger partial charge < -0.3 is 19.9 Å². The molecule has 0 spiro atoms. The Morgan fingerprint density at radius 2 is 2.07 bits per heavy atom. The Labute approximate surface area is 182 Å². The van der Waals surface area contributed by atoms with Crippen LogP contribution in [-0.2, 0) is 17.8 Å². The van der Waals surface area contributed by atoms with E-state index in [2.05, 4.69) is 26.3 Å². The minimum absolute atomic E-state index is 0. The van der Waals surface area contributed by atoms with Crippen LogP contribution in [0.25, 0.3) is 0 Å². The molecule has 1 saturated heterocycles. The highest BCUT2D eigenvalue weighted by molar-refractivity contribution is 14.0. The van der Waals surface area contributed by atoms with Gasteiger partial charge in [-0.3, -0.25) is 4.99 Å². The fourth-order valence-corrected chi connectivity index (χ4v) is 3.17. The van der Waals surface area contributed by atoms with Crippen molar-refractivity contribution in [3.05, 3.63) is 59.5 Å². The van der Waals surface area contributed by atoms with E-state index in [-0.39, 0.29) is 29.8 Å². The topological polar surface area (TPSA) is 53.0 Å². The number of ether oxygens (including phenoxy) is 1. The van der Waals surface area contributed by atoms with E-state index < -0.39 is 0 Å². The quantitative estimate of drug-likeness (QED) is 0.390. The van der Waals surface area contributed by atoms with Crippen LogP contribution >= 0.6 is 24.0 Å². The molecule has 6 nitrogen and oxygen atoms in total. The fraction of sp³-hybridized carbons (Fsp3) is 0.400. The van der Waals surface area contributed by atoms with E-state index in [0.717, 1.165) is 49.2 Å². The van der Waals surface area contributed by atoms with Crippen molar-refractivity contribution in [3.8, 4) is 0 Å². The molecule has 2 heterocycles. The molecule has 0 saturated carbocycles. The third kappa shape index (κ3) is 6.03. The monoisotopic (exact) mass is 499 g/mol. The van der Waals surface area contributed by atoms with Crippen LogP contribution in [-0.4, -0.2) is 56.2 Å². The summed E-state index contributed by atoms with van der Waals surface area (Å²) in [5.74, 6) is 1.50. The van der Waals surface area contributed by atoms with Gasteiger partial charge in [-0.05, 0) is 23.8 Å². The number of aliphatic imine (C=N–C) groups is 1. The molecule has 0 unspecified atom stereocenters. The number of morpholine rings is 1. The molecule has 1 aromatic carbocycles. The van der Waals surface area contributed by atoms with Gasteiger partial charge in [0.15, 0.2) is 5.96 Å². The minimum atomic E-state index is -0.227. The van der Waals surface area contributed by atoms with Crippen molar-refractivity contribution >= 4 is 35.8 Å². The number of aromatic nitrogens is 1. The molecule has 1 N–H and O–H groups in total. The van der Waals surface area contributed by atoms with Crippen molar-refractivity contribution < 1.29 is 9.13 Å². The van der Waals surface area contributed by atoms with Crippen LogP contribution in [0.2, 0.25) is 0 Å². The first-order valence-electron chi connectivity index (χ1n) is 9.10. The lowest BCUT2D eigenvalue weighted by Crippen LogP contribution is -2.40. The van der Waals surface area contributed by atoms with Gasteiger partial charge in [0.1, 0.15) is 11.6 Å². The second-order valence-electron chi connectivity index (χ2n) is 6.47. The minimum Gasteiger partial charge on any atom is -0.378 e. The smallest absolute Gasteiger partial charge is 0.193 e. The van der Waals surface area contributed by atoms with Gasteiger partial charge in [0.2, 0.25) is 0 Å². The Hall–Kier alpha value is -1.94. The molecule has 0 atom stereocenters. The number of nitrogens with one attached hydrogen (secondary N) is 1. The molecule has 2 aromatic rings. The van der Waals surface area contributed by atoms with E-state index in [0.29, 0.717) is 13.1 Å². The predicted octanol–water partition coefficient (Wildman–Crippen LogP) is 2.88. The normalized spacial score (nSPS) is 14.4. The van der Waals surface area contributed by atoms with Crippen LogP contribution in [0.1, 0.15) is 11.1 Å². The SMILES string of the molecule is CN=C(NCc1cccnc1N1CCOCC1)N(C)Cc1cccc(F)c1.I. The molecule has 1 aliphatic rings. The van der Waals surface area contributed by atoms with Crippen LogP contribution in [0.15, 0.2) is 47.6 Å². The van der Waals surface area contributed by atoms with Crippen molar-refractivity contribution in [2.24, 2.45) is 4.99 Å². The average molecular weight is 499 g/mol. The molecular weight excluding hydrogens is 472 g/mol. The summed E-state index contributed by atoms with van der Waals surface area (Å²) in [6.45, 7) is 4.32. The number of pyridine rings is 1. The maximum Gasteiger partial charge on any atom is 0.193 e. The van der Waals surface area contributed by atoms with Crippen LogP contribution in [0.3, 0.4) is 0 Å². The standard InChI is InChI=1S/C20H26FN5O.HI/c1-22-20(25(2)15-16-5-3-7-18(21)13-16)24-14-17-6-4-8-23-19(17)26-9-11-27-12-10-26;/h3-8,13H,9-12,14-15H2,1-2H3,(H,22,24);1H. The van der Waals surface area contributed by atoms with Gasteiger partial charge in [0, 0.05) is 52.0 Å². The van der Waals surface area contributed by atoms with Crippen LogP contribution in [0.5, 0.6) is 0 Å². The van der Waals surface area contributed by atoms with E-state index in [1.54, 1.807) is 19.2 Å². The number of anilines is 1. The summed E-state index contributed by atoms with van der Waals surface area (Å²) in [7, 11) is 3.68. The number of guanidine groups is 1. The number of nitrogens with zero attached hydrogens (tertiary/aromatic N) is 4. The first kappa shape index (κ1) is 22.4. The molecule has 0 amide bonds. The first-order chi connectivity index (χ1) is 13.2. The maximum absolute atomic E-state index is 13.4. The molecule has 0 radical (unpaired) electrons. The van der Waals surface area contributed by atoms with Crippen molar-refractivity contribution in [1.82, 2.24) is 15.2 Å². The summed E-state index contributed by atoms with van der Waals surface area (Å²) < 4.78 is 18.8. The second kappa shape index (κ2) is 11.2. The highest BCUT2D eigenvalue weighted by Gasteiger charge is 2.16. The third-order valence-corrected chi connectivity index (χ3v) is 4.50. The Kier molecular flexibility index (Phi) is 8.91. The molecule has 8 heteroatoms. The summed E-state index contributed by atoms with van der Waals surface area (Å²) in [6.07, 6.45) is 1.82. The number of rotatable bonds is 5. The molecule has 0 bridgehead atoms. The number of hydrogen-bond acceptors (Lipinski definition) is 4. The lowest BCUT2D eigenvalue weighted by atomic mass is 10.2. The highest BCUT2D eigenvalue weighted by Crippen LogP contribution is 2.18. The second-order valence-corrected chi connectivity index (χ2v) is 6.47. The van der Waals surface area contributed by atoms with Gasteiger partial charge in [-0.2, -0.15) is 0 Å². The molecular formula is C20H27FIN5O. The largest absolute Gasteiger partial charge is 0.378 e. The van der Waals surface area contributed by atoms with Crippen molar-refractivity contribution in [1.29, 1.82) is 0 Å². The van der Waals surface area contributed by atoms with Crippen LogP contribution < -0.4 is 10.2 Å². The van der Waals surface area contributed by atoms with E-state index >= 15 is 0 Å². The van der Waals surface area contributed by atoms with Gasteiger partial charge >= 0.3 is 0 Å². The summed E-state index contributed by atoms with van der Waals surface area (Å²) in [5, 5.41) is 3.38. The number of halogens is 2. The Morgan fingerprint density at radius 1 is 1.29 bits per heavy atom. The van der Waals surface area contributed by atoms with Crippen LogP contribution in [0, 0.1) is 5.82 Å². The van der Waals surface area contributed by atoms with Crippen LogP contribution in [0.4, 0.5) is 10.2 Å². The highest BCUT2D eigenvalue weighted by atomic mass is 127. The van der Waals surface area contributed by atoms with E-state index in [9.17, 15) is 4.39 Å². The lowest BCUT2D eigenvalue weighted by Gasteiger charge is -2.30. The molecule has 28 heavy (non-hydrogen) atoms. The third-order valence-electron chi connectivity index (χ3n) is 4.50. The summed E-state index contributed by atoms with van der Waals surface area (Å²) in [6, 6.07) is 10.6. The Bertz CT molecular complexity index is 783. The first-order valence-corrected chi connectivity index (χ1v) is 9.10. The van der Waals surface area contributed by atoms with Gasteiger partial charge in [-0.1, -0.05) is 18.2 Å². The zero-order chi connectivity index (χ0) is 19.1. The van der Waals surface area contributed by atoms with Gasteiger partial charge in [0.05, 0.1) is 13.2 Å². The fourth-order valence-electron chi connectivity index (χ4n) is 3.17. The molecule has 0 aliphatic carbocycles. The van der Waals surface area contributed by atoms with Gasteiger partial charge in [-0.25, -0.2) is 9.37 Å². The Morgan fingerprint density at radius 3 is 2.79 bits per heavy atom. The molecule has 1 aliphatic heterocycles. The molecule has 3 rings (SSSR count). The maximum atomic E-state index is 13.4. The zero-order valence-electron chi connectivity index (χ0n) is 16.3. The van der Waals surface area contributed by atoms with Crippen molar-refractivity contribution in [3.63, 3.8) is 0 Å². The summed E-state index contributed by atoms with van der Waals surface area (Å²) in [5.41, 5.74) is 2.01. The number of benzene rings is 1. The molecule has 152 valence electrons. The molecule has 1 aromatic heterocycles. The summed E-state index contributed by atoms with van der Waals surface area (Å²) in [4.78, 5) is 13.1. The predicted molar refractivity (Wildman–Crippen MR) is 121 cm³/mol. The van der Waals surface area contributed by atoms with E-state index in [4.69, 9.17) is 4.74 Å². The van der Waals surface area contributed by atoms with E-state index in [1.807, 2.05) is 30.3 Å². The summed E-state index contributed by atoms with van der Waals surface area (Å²) >= 11 is 0. The molecule has 1 fully saturated rings. The van der Waals surface area contributed by atoms with E-state index in [1.165, 1.54) is 6.07 Å². The Balaban J connectivity index is 0.00000280. The van der Waals surface area contributed by atoms with Crippen molar-refractivity contribution in [2.45, 2.75) is 13.1 Å². The van der Waals surface area contributed by atoms with Gasteiger partial charge in [-0.15, -0.1) is 24.0 Å². The van der Waals surface area contributed by atoms with Gasteiger partial charge in [0.25, 0.3) is 0 Å². The van der Waals surface area contributed by atoms with Crippen molar-refractivity contribution in [2.75, 3.05) is 45.3 Å².